The minimum Gasteiger partial charge on any atom is -0.508 e. The number of hydrogen-bond donors (Lipinski definition) is 2. The van der Waals surface area contributed by atoms with E-state index in [0.717, 1.165) is 31.5 Å². The van der Waals surface area contributed by atoms with E-state index in [1.807, 2.05) is 6.07 Å². The molecule has 2 fully saturated rings. The third kappa shape index (κ3) is 4.30. The average molecular weight is 539 g/mol. The summed E-state index contributed by atoms with van der Waals surface area (Å²) in [5.41, 5.74) is 1.60. The minimum atomic E-state index is -2.96. The molecule has 0 unspecified atom stereocenters. The summed E-state index contributed by atoms with van der Waals surface area (Å²) >= 11 is 0. The lowest BCUT2D eigenvalue weighted by molar-refractivity contribution is -0.133. The van der Waals surface area contributed by atoms with Crippen LogP contribution < -0.4 is 4.74 Å². The summed E-state index contributed by atoms with van der Waals surface area (Å²) in [6.45, 7) is 3.86. The molecule has 3 aliphatic heterocycles. The van der Waals surface area contributed by atoms with Crippen molar-refractivity contribution in [1.82, 2.24) is 19.7 Å². The number of urea groups is 1. The number of likely N-dealkylation sites (tertiary alicyclic amines) is 1. The summed E-state index contributed by atoms with van der Waals surface area (Å²) in [6.07, 6.45) is 2.42. The van der Waals surface area contributed by atoms with Crippen LogP contribution in [-0.4, -0.2) is 75.1 Å². The van der Waals surface area contributed by atoms with Gasteiger partial charge in [-0.05, 0) is 80.2 Å². The second kappa shape index (κ2) is 9.51. The third-order valence-electron chi connectivity index (χ3n) is 8.57. The molecule has 3 aromatic rings. The molecule has 0 aliphatic carbocycles. The number of aromatic hydroxyl groups is 1. The van der Waals surface area contributed by atoms with Crippen LogP contribution in [0, 0.1) is 5.92 Å². The minimum absolute atomic E-state index is 0.0205. The fraction of sp³-hybridized carbons (Fsp3) is 0.448. The van der Waals surface area contributed by atoms with E-state index in [4.69, 9.17) is 0 Å². The van der Waals surface area contributed by atoms with Crippen LogP contribution in [0.5, 0.6) is 11.5 Å². The van der Waals surface area contributed by atoms with Gasteiger partial charge in [-0.3, -0.25) is 14.6 Å². The summed E-state index contributed by atoms with van der Waals surface area (Å²) < 4.78 is 30.6. The maximum Gasteiger partial charge on any atom is 0.387 e. The molecule has 2 N–H and O–H groups in total. The number of benzene rings is 2. The molecule has 2 saturated heterocycles. The Morgan fingerprint density at radius 2 is 1.90 bits per heavy atom. The summed E-state index contributed by atoms with van der Waals surface area (Å²) in [5, 5.41) is 11.0. The number of halogens is 2. The number of carbonyl (C=O) groups excluding carboxylic acids is 2. The molecular weight excluding hydrogens is 506 g/mol. The number of fused-ring (bicyclic) bond motifs is 4. The Morgan fingerprint density at radius 3 is 2.62 bits per heavy atom. The highest BCUT2D eigenvalue weighted by atomic mass is 19.3. The maximum atomic E-state index is 14.0. The Labute approximate surface area is 225 Å². The monoisotopic (exact) mass is 538 g/mol. The first-order chi connectivity index (χ1) is 18.7. The van der Waals surface area contributed by atoms with Crippen LogP contribution in [0.15, 0.2) is 42.5 Å². The lowest BCUT2D eigenvalue weighted by atomic mass is 9.81. The Morgan fingerprint density at radius 1 is 1.13 bits per heavy atom. The van der Waals surface area contributed by atoms with Gasteiger partial charge in [-0.25, -0.2) is 4.79 Å². The van der Waals surface area contributed by atoms with Crippen molar-refractivity contribution < 1.29 is 28.2 Å². The molecule has 3 amide bonds. The predicted molar refractivity (Wildman–Crippen MR) is 141 cm³/mol. The van der Waals surface area contributed by atoms with Crippen LogP contribution in [0.2, 0.25) is 0 Å². The number of rotatable bonds is 6. The Hall–Kier alpha value is -3.66. The van der Waals surface area contributed by atoms with E-state index in [-0.39, 0.29) is 29.9 Å². The first-order valence-corrected chi connectivity index (χ1v) is 13.4. The Kier molecular flexibility index (Phi) is 6.25. The smallest absolute Gasteiger partial charge is 0.387 e. The standard InChI is InChI=1S/C29H32F2N4O4/c1-17-8-10-33(11-9-17)12-13-34-26(37)29(2)16-22-21-15-20(39-27(30)31)6-7-23(21)32-24(22)25(35(29)28(34)38)18-4-3-5-19(36)14-18/h3-7,14-15,17,25,27,32,36H,8-13,16H2,1-2H3/t25-,29+/m1/s1. The number of hydrogen-bond acceptors (Lipinski definition) is 5. The first kappa shape index (κ1) is 25.6. The van der Waals surface area contributed by atoms with Gasteiger partial charge in [-0.1, -0.05) is 19.1 Å². The number of alkyl halides is 2. The number of aromatic nitrogens is 1. The number of aromatic amines is 1. The van der Waals surface area contributed by atoms with Gasteiger partial charge in [0.15, 0.2) is 0 Å². The molecule has 2 atom stereocenters. The lowest BCUT2D eigenvalue weighted by Gasteiger charge is -2.42. The highest BCUT2D eigenvalue weighted by Crippen LogP contribution is 2.49. The topological polar surface area (TPSA) is 89.1 Å². The van der Waals surface area contributed by atoms with Crippen molar-refractivity contribution in [2.24, 2.45) is 5.92 Å². The van der Waals surface area contributed by atoms with Crippen molar-refractivity contribution in [3.63, 3.8) is 0 Å². The number of piperidine rings is 1. The molecule has 6 rings (SSSR count). The zero-order valence-electron chi connectivity index (χ0n) is 22.0. The molecular formula is C29H32F2N4O4. The van der Waals surface area contributed by atoms with Crippen molar-refractivity contribution in [1.29, 1.82) is 0 Å². The van der Waals surface area contributed by atoms with Gasteiger partial charge in [-0.2, -0.15) is 8.78 Å². The van der Waals surface area contributed by atoms with Gasteiger partial charge in [0.1, 0.15) is 23.1 Å². The molecule has 3 aliphatic rings. The first-order valence-electron chi connectivity index (χ1n) is 13.4. The normalized spacial score (nSPS) is 24.1. The van der Waals surface area contributed by atoms with Gasteiger partial charge in [0.25, 0.3) is 5.91 Å². The van der Waals surface area contributed by atoms with Gasteiger partial charge < -0.3 is 19.7 Å². The number of phenolic OH excluding ortho intramolecular Hbond substituents is 1. The molecule has 8 nitrogen and oxygen atoms in total. The zero-order valence-corrected chi connectivity index (χ0v) is 22.0. The van der Waals surface area contributed by atoms with Crippen LogP contribution in [0.4, 0.5) is 13.6 Å². The zero-order chi connectivity index (χ0) is 27.5. The summed E-state index contributed by atoms with van der Waals surface area (Å²) in [7, 11) is 0. The molecule has 10 heteroatoms. The van der Waals surface area contributed by atoms with Gasteiger partial charge >= 0.3 is 12.6 Å². The summed E-state index contributed by atoms with van der Waals surface area (Å²) in [5.74, 6) is 0.469. The van der Waals surface area contributed by atoms with E-state index in [1.165, 1.54) is 11.0 Å². The number of ether oxygens (including phenoxy) is 1. The van der Waals surface area contributed by atoms with Gasteiger partial charge in [-0.15, -0.1) is 0 Å². The second-order valence-electron chi connectivity index (χ2n) is 11.2. The number of H-pyrrole nitrogens is 1. The van der Waals surface area contributed by atoms with Crippen molar-refractivity contribution in [2.75, 3.05) is 26.2 Å². The van der Waals surface area contributed by atoms with Gasteiger partial charge in [0.05, 0.1) is 0 Å². The van der Waals surface area contributed by atoms with Crippen molar-refractivity contribution in [3.8, 4) is 11.5 Å². The number of amides is 3. The fourth-order valence-electron chi connectivity index (χ4n) is 6.43. The SMILES string of the molecule is CC1CCN(CCN2C(=O)N3[C@H](c4cccc(O)c4)c4[nH]c5ccc(OC(F)F)cc5c4C[C@@]3(C)C2=O)CC1. The largest absolute Gasteiger partial charge is 0.508 e. The molecule has 2 aromatic carbocycles. The van der Waals surface area contributed by atoms with E-state index >= 15 is 0 Å². The average Bonchev–Trinajstić information content (AvgIpc) is 3.33. The molecule has 0 radical (unpaired) electrons. The highest BCUT2D eigenvalue weighted by molar-refractivity contribution is 6.08. The number of phenols is 1. The quantitative estimate of drug-likeness (QED) is 0.437. The van der Waals surface area contributed by atoms with Crippen LogP contribution >= 0.6 is 0 Å². The van der Waals surface area contributed by atoms with E-state index < -0.39 is 18.2 Å². The lowest BCUT2D eigenvalue weighted by Crippen LogP contribution is -2.53. The van der Waals surface area contributed by atoms with Crippen molar-refractivity contribution >= 4 is 22.8 Å². The molecule has 0 saturated carbocycles. The van der Waals surface area contributed by atoms with Crippen LogP contribution in [-0.2, 0) is 11.2 Å². The molecule has 0 spiro atoms. The predicted octanol–water partition coefficient (Wildman–Crippen LogP) is 4.88. The molecule has 0 bridgehead atoms. The maximum absolute atomic E-state index is 14.0. The molecule has 4 heterocycles. The Balaban J connectivity index is 1.41. The van der Waals surface area contributed by atoms with Crippen molar-refractivity contribution in [3.05, 3.63) is 59.3 Å². The van der Waals surface area contributed by atoms with E-state index in [1.54, 1.807) is 42.2 Å². The number of carbonyl (C=O) groups is 2. The van der Waals surface area contributed by atoms with Crippen LogP contribution in [0.1, 0.15) is 49.6 Å². The van der Waals surface area contributed by atoms with Crippen LogP contribution in [0.25, 0.3) is 10.9 Å². The fourth-order valence-corrected chi connectivity index (χ4v) is 6.43. The number of nitrogens with zero attached hydrogens (tertiary/aromatic N) is 3. The molecule has 39 heavy (non-hydrogen) atoms. The van der Waals surface area contributed by atoms with E-state index in [2.05, 4.69) is 21.5 Å². The number of nitrogens with one attached hydrogen (secondary N) is 1. The summed E-state index contributed by atoms with van der Waals surface area (Å²) in [6, 6.07) is 10.3. The van der Waals surface area contributed by atoms with Gasteiger partial charge in [0.2, 0.25) is 0 Å². The third-order valence-corrected chi connectivity index (χ3v) is 8.57. The van der Waals surface area contributed by atoms with Gasteiger partial charge in [0, 0.05) is 36.1 Å². The Bertz CT molecular complexity index is 1430. The van der Waals surface area contributed by atoms with E-state index in [9.17, 15) is 23.5 Å². The van der Waals surface area contributed by atoms with Crippen molar-refractivity contribution in [2.45, 2.75) is 51.3 Å². The summed E-state index contributed by atoms with van der Waals surface area (Å²) in [4.78, 5) is 36.6. The van der Waals surface area contributed by atoms with Crippen LogP contribution in [0.3, 0.4) is 0 Å². The molecule has 1 aromatic heterocycles. The second-order valence-corrected chi connectivity index (χ2v) is 11.2. The highest BCUT2D eigenvalue weighted by Gasteiger charge is 2.60. The van der Waals surface area contributed by atoms with E-state index in [0.29, 0.717) is 41.2 Å². The number of imide groups is 1. The molecule has 206 valence electrons.